The first-order chi connectivity index (χ1) is 9.40. The van der Waals surface area contributed by atoms with Gasteiger partial charge in [0.1, 0.15) is 6.10 Å². The van der Waals surface area contributed by atoms with Crippen LogP contribution in [-0.2, 0) is 19.6 Å². The Balaban J connectivity index is 2.92. The van der Waals surface area contributed by atoms with E-state index in [-0.39, 0.29) is 11.4 Å². The van der Waals surface area contributed by atoms with Gasteiger partial charge in [0.2, 0.25) is 0 Å². The Hall–Kier alpha value is -1.39. The zero-order valence-corrected chi connectivity index (χ0v) is 12.9. The fraction of sp³-hybridized carbons (Fsp3) is 0.562. The molecule has 0 saturated heterocycles. The Labute approximate surface area is 121 Å². The fourth-order valence-electron chi connectivity index (χ4n) is 2.02. The van der Waals surface area contributed by atoms with Crippen LogP contribution in [0.5, 0.6) is 0 Å². The van der Waals surface area contributed by atoms with Gasteiger partial charge in [-0.3, -0.25) is 0 Å². The predicted octanol–water partition coefficient (Wildman–Crippen LogP) is 2.80. The second-order valence-corrected chi connectivity index (χ2v) is 5.73. The van der Waals surface area contributed by atoms with Crippen LogP contribution in [0.3, 0.4) is 0 Å². The summed E-state index contributed by atoms with van der Waals surface area (Å²) in [6, 6.07) is 7.52. The van der Waals surface area contributed by atoms with Crippen molar-refractivity contribution < 1.29 is 19.0 Å². The van der Waals surface area contributed by atoms with Crippen LogP contribution in [0.2, 0.25) is 0 Å². The number of methoxy groups -OCH3 is 2. The zero-order valence-electron chi connectivity index (χ0n) is 12.9. The van der Waals surface area contributed by atoms with Gasteiger partial charge in [0.25, 0.3) is 0 Å². The van der Waals surface area contributed by atoms with E-state index in [0.717, 1.165) is 5.56 Å². The third-order valence-electron chi connectivity index (χ3n) is 2.93. The second-order valence-electron chi connectivity index (χ2n) is 5.73. The number of esters is 1. The van der Waals surface area contributed by atoms with Crippen molar-refractivity contribution in [1.29, 1.82) is 0 Å². The first-order valence-corrected chi connectivity index (χ1v) is 6.68. The molecule has 4 nitrogen and oxygen atoms in total. The average Bonchev–Trinajstić information content (AvgIpc) is 2.38. The van der Waals surface area contributed by atoms with Gasteiger partial charge in [-0.15, -0.1) is 0 Å². The van der Waals surface area contributed by atoms with Gasteiger partial charge in [-0.05, 0) is 17.0 Å². The molecule has 0 aliphatic rings. The van der Waals surface area contributed by atoms with E-state index in [1.165, 1.54) is 0 Å². The number of carbonyl (C=O) groups is 1. The van der Waals surface area contributed by atoms with Gasteiger partial charge >= 0.3 is 5.97 Å². The SMILES string of the molecule is COCC(COC)OC(=O)c1ccccc1C(C)(C)C. The fourth-order valence-corrected chi connectivity index (χ4v) is 2.02. The van der Waals surface area contributed by atoms with Crippen molar-refractivity contribution >= 4 is 5.97 Å². The van der Waals surface area contributed by atoms with Crippen molar-refractivity contribution in [3.05, 3.63) is 35.4 Å². The van der Waals surface area contributed by atoms with Crippen LogP contribution in [0.4, 0.5) is 0 Å². The van der Waals surface area contributed by atoms with Crippen LogP contribution in [-0.4, -0.2) is 39.5 Å². The number of rotatable bonds is 6. The minimum Gasteiger partial charge on any atom is -0.454 e. The molecule has 20 heavy (non-hydrogen) atoms. The summed E-state index contributed by atoms with van der Waals surface area (Å²) < 4.78 is 15.5. The quantitative estimate of drug-likeness (QED) is 0.752. The lowest BCUT2D eigenvalue weighted by molar-refractivity contribution is -0.0225. The van der Waals surface area contributed by atoms with Gasteiger partial charge in [0.05, 0.1) is 18.8 Å². The maximum absolute atomic E-state index is 12.3. The molecular formula is C16H24O4. The second kappa shape index (κ2) is 7.41. The van der Waals surface area contributed by atoms with Gasteiger partial charge < -0.3 is 14.2 Å². The van der Waals surface area contributed by atoms with Gasteiger partial charge in [-0.2, -0.15) is 0 Å². The summed E-state index contributed by atoms with van der Waals surface area (Å²) in [5.74, 6) is -0.338. The standard InChI is InChI=1S/C16H24O4/c1-16(2,3)14-9-7-6-8-13(14)15(17)20-12(10-18-4)11-19-5/h6-9,12H,10-11H2,1-5H3. The molecule has 0 bridgehead atoms. The third kappa shape index (κ3) is 4.62. The van der Waals surface area contributed by atoms with Crippen molar-refractivity contribution in [3.8, 4) is 0 Å². The lowest BCUT2D eigenvalue weighted by atomic mass is 9.84. The number of hydrogen-bond acceptors (Lipinski definition) is 4. The van der Waals surface area contributed by atoms with Crippen LogP contribution >= 0.6 is 0 Å². The Morgan fingerprint density at radius 3 is 2.15 bits per heavy atom. The lowest BCUT2D eigenvalue weighted by Gasteiger charge is -2.23. The van der Waals surface area contributed by atoms with E-state index >= 15 is 0 Å². The molecule has 0 aliphatic heterocycles. The van der Waals surface area contributed by atoms with Crippen LogP contribution in [0.15, 0.2) is 24.3 Å². The minimum absolute atomic E-state index is 0.117. The first-order valence-electron chi connectivity index (χ1n) is 6.68. The monoisotopic (exact) mass is 280 g/mol. The van der Waals surface area contributed by atoms with E-state index in [1.807, 2.05) is 18.2 Å². The molecule has 0 heterocycles. The minimum atomic E-state index is -0.398. The van der Waals surface area contributed by atoms with Crippen molar-refractivity contribution in [3.63, 3.8) is 0 Å². The summed E-state index contributed by atoms with van der Waals surface area (Å²) in [5.41, 5.74) is 1.45. The molecule has 0 spiro atoms. The molecule has 1 aromatic carbocycles. The van der Waals surface area contributed by atoms with Crippen LogP contribution in [0, 0.1) is 0 Å². The highest BCUT2D eigenvalue weighted by atomic mass is 16.6. The van der Waals surface area contributed by atoms with Crippen molar-refractivity contribution in [2.75, 3.05) is 27.4 Å². The van der Waals surface area contributed by atoms with E-state index in [4.69, 9.17) is 14.2 Å². The highest BCUT2D eigenvalue weighted by Gasteiger charge is 2.24. The van der Waals surface area contributed by atoms with Crippen molar-refractivity contribution in [2.45, 2.75) is 32.3 Å². The summed E-state index contributed by atoms with van der Waals surface area (Å²) >= 11 is 0. The van der Waals surface area contributed by atoms with Gasteiger partial charge in [0.15, 0.2) is 0 Å². The summed E-state index contributed by atoms with van der Waals surface area (Å²) in [5, 5.41) is 0. The number of benzene rings is 1. The average molecular weight is 280 g/mol. The summed E-state index contributed by atoms with van der Waals surface area (Å²) in [7, 11) is 3.14. The molecule has 0 atom stereocenters. The van der Waals surface area contributed by atoms with E-state index in [0.29, 0.717) is 18.8 Å². The molecule has 0 N–H and O–H groups in total. The molecule has 0 radical (unpaired) electrons. The molecule has 0 aromatic heterocycles. The molecule has 0 saturated carbocycles. The van der Waals surface area contributed by atoms with Crippen LogP contribution < -0.4 is 0 Å². The molecule has 0 amide bonds. The largest absolute Gasteiger partial charge is 0.454 e. The highest BCUT2D eigenvalue weighted by molar-refractivity contribution is 5.91. The molecule has 1 rings (SSSR count). The Kier molecular flexibility index (Phi) is 6.17. The topological polar surface area (TPSA) is 44.8 Å². The first kappa shape index (κ1) is 16.7. The molecular weight excluding hydrogens is 256 g/mol. The van der Waals surface area contributed by atoms with E-state index in [1.54, 1.807) is 20.3 Å². The molecule has 0 fully saturated rings. The molecule has 1 aromatic rings. The molecule has 112 valence electrons. The number of carbonyl (C=O) groups excluding carboxylic acids is 1. The maximum atomic E-state index is 12.3. The summed E-state index contributed by atoms with van der Waals surface area (Å²) in [6.45, 7) is 6.84. The summed E-state index contributed by atoms with van der Waals surface area (Å²) in [4.78, 5) is 12.3. The van der Waals surface area contributed by atoms with E-state index in [9.17, 15) is 4.79 Å². The van der Waals surface area contributed by atoms with Gasteiger partial charge in [-0.25, -0.2) is 4.79 Å². The van der Waals surface area contributed by atoms with Crippen molar-refractivity contribution in [1.82, 2.24) is 0 Å². The number of hydrogen-bond donors (Lipinski definition) is 0. The Morgan fingerprint density at radius 1 is 1.10 bits per heavy atom. The van der Waals surface area contributed by atoms with Gasteiger partial charge in [0, 0.05) is 14.2 Å². The Bertz CT molecular complexity index is 428. The van der Waals surface area contributed by atoms with Crippen LogP contribution in [0.25, 0.3) is 0 Å². The molecule has 0 aliphatic carbocycles. The van der Waals surface area contributed by atoms with Crippen molar-refractivity contribution in [2.24, 2.45) is 0 Å². The smallest absolute Gasteiger partial charge is 0.338 e. The number of ether oxygens (including phenoxy) is 3. The highest BCUT2D eigenvalue weighted by Crippen LogP contribution is 2.26. The normalized spacial score (nSPS) is 11.7. The zero-order chi connectivity index (χ0) is 15.2. The van der Waals surface area contributed by atoms with Gasteiger partial charge in [-0.1, -0.05) is 39.0 Å². The predicted molar refractivity (Wildman–Crippen MR) is 78.1 cm³/mol. The van der Waals surface area contributed by atoms with E-state index < -0.39 is 6.10 Å². The summed E-state index contributed by atoms with van der Waals surface area (Å²) in [6.07, 6.45) is -0.398. The van der Waals surface area contributed by atoms with Crippen LogP contribution in [0.1, 0.15) is 36.7 Å². The maximum Gasteiger partial charge on any atom is 0.338 e. The molecule has 4 heteroatoms. The van der Waals surface area contributed by atoms with E-state index in [2.05, 4.69) is 20.8 Å². The Morgan fingerprint density at radius 2 is 1.65 bits per heavy atom. The molecule has 0 unspecified atom stereocenters. The lowest BCUT2D eigenvalue weighted by Crippen LogP contribution is -2.29. The third-order valence-corrected chi connectivity index (χ3v) is 2.93.